The zero-order chi connectivity index (χ0) is 26.6. The summed E-state index contributed by atoms with van der Waals surface area (Å²) >= 11 is 6.21. The molecule has 0 aromatic heterocycles. The van der Waals surface area contributed by atoms with Crippen molar-refractivity contribution in [3.63, 3.8) is 0 Å². The summed E-state index contributed by atoms with van der Waals surface area (Å²) in [5.41, 5.74) is 2.80. The molecule has 2 atom stereocenters. The first kappa shape index (κ1) is 25.8. The van der Waals surface area contributed by atoms with Gasteiger partial charge in [-0.3, -0.25) is 9.59 Å². The van der Waals surface area contributed by atoms with E-state index in [0.717, 1.165) is 16.7 Å². The number of benzene rings is 3. The fraction of sp³-hybridized carbons (Fsp3) is 0.276. The van der Waals surface area contributed by atoms with Crippen molar-refractivity contribution in [3.05, 3.63) is 107 Å². The molecule has 2 fully saturated rings. The SMILES string of the molecule is CN1CC(=O)N2[C@@H](Cc3ccccc3)C(=O)N(Cc3cccc(Cl)c3)C[C@@H]2N1C(=O)NCc1ccccc1. The van der Waals surface area contributed by atoms with Gasteiger partial charge in [-0.15, -0.1) is 0 Å². The van der Waals surface area contributed by atoms with E-state index in [0.29, 0.717) is 24.5 Å². The number of carbonyl (C=O) groups excluding carboxylic acids is 3. The fourth-order valence-electron chi connectivity index (χ4n) is 5.19. The van der Waals surface area contributed by atoms with Crippen LogP contribution < -0.4 is 5.32 Å². The van der Waals surface area contributed by atoms with E-state index < -0.39 is 12.2 Å². The summed E-state index contributed by atoms with van der Waals surface area (Å²) in [5.74, 6) is -0.325. The first-order valence-electron chi connectivity index (χ1n) is 12.6. The van der Waals surface area contributed by atoms with Gasteiger partial charge < -0.3 is 15.1 Å². The first-order chi connectivity index (χ1) is 18.4. The number of nitrogens with zero attached hydrogens (tertiary/aromatic N) is 4. The van der Waals surface area contributed by atoms with Crippen molar-refractivity contribution in [2.75, 3.05) is 20.1 Å². The maximum atomic E-state index is 13.9. The molecule has 0 bridgehead atoms. The van der Waals surface area contributed by atoms with Crippen LogP contribution in [0.4, 0.5) is 4.79 Å². The standard InChI is InChI=1S/C29H30ClN5O3/c1-32-20-27(36)34-25(16-21-9-4-2-5-10-21)28(37)33(18-23-13-8-14-24(30)15-23)19-26(34)35(32)29(38)31-17-22-11-6-3-7-12-22/h2-15,25-26H,16-20H2,1H3,(H,31,38)/t25-,26-/m0/s1. The molecule has 2 heterocycles. The minimum absolute atomic E-state index is 0.00210. The minimum Gasteiger partial charge on any atom is -0.333 e. The Labute approximate surface area is 227 Å². The molecule has 38 heavy (non-hydrogen) atoms. The number of urea groups is 1. The van der Waals surface area contributed by atoms with E-state index in [1.54, 1.807) is 32.9 Å². The third kappa shape index (κ3) is 5.51. The Morgan fingerprint density at radius 2 is 1.58 bits per heavy atom. The van der Waals surface area contributed by atoms with Crippen molar-refractivity contribution in [2.24, 2.45) is 0 Å². The molecule has 3 aromatic carbocycles. The molecule has 0 unspecified atom stereocenters. The number of amides is 4. The quantitative estimate of drug-likeness (QED) is 0.528. The predicted molar refractivity (Wildman–Crippen MR) is 145 cm³/mol. The van der Waals surface area contributed by atoms with Crippen LogP contribution in [0.25, 0.3) is 0 Å². The summed E-state index contributed by atoms with van der Waals surface area (Å²) in [6, 6.07) is 25.6. The van der Waals surface area contributed by atoms with Gasteiger partial charge in [-0.05, 0) is 28.8 Å². The molecule has 3 aromatic rings. The van der Waals surface area contributed by atoms with Crippen molar-refractivity contribution >= 4 is 29.4 Å². The van der Waals surface area contributed by atoms with E-state index in [1.807, 2.05) is 78.9 Å². The Kier molecular flexibility index (Phi) is 7.62. The lowest BCUT2D eigenvalue weighted by Crippen LogP contribution is -2.76. The molecule has 0 spiro atoms. The van der Waals surface area contributed by atoms with E-state index in [1.165, 1.54) is 0 Å². The van der Waals surface area contributed by atoms with Gasteiger partial charge in [0.1, 0.15) is 12.2 Å². The van der Waals surface area contributed by atoms with Crippen molar-refractivity contribution in [3.8, 4) is 0 Å². The number of nitrogens with one attached hydrogen (secondary N) is 1. The van der Waals surface area contributed by atoms with E-state index in [4.69, 9.17) is 11.6 Å². The second kappa shape index (κ2) is 11.2. The van der Waals surface area contributed by atoms with Gasteiger partial charge in [-0.2, -0.15) is 0 Å². The molecular formula is C29H30ClN5O3. The van der Waals surface area contributed by atoms with Gasteiger partial charge in [0.05, 0.1) is 13.1 Å². The first-order valence-corrected chi connectivity index (χ1v) is 13.0. The highest BCUT2D eigenvalue weighted by Crippen LogP contribution is 2.29. The van der Waals surface area contributed by atoms with Crippen LogP contribution in [-0.4, -0.2) is 70.0 Å². The van der Waals surface area contributed by atoms with Crippen molar-refractivity contribution in [1.82, 2.24) is 25.1 Å². The number of hydrogen-bond donors (Lipinski definition) is 1. The normalized spacial score (nSPS) is 19.9. The molecular weight excluding hydrogens is 502 g/mol. The van der Waals surface area contributed by atoms with Crippen LogP contribution in [0.2, 0.25) is 5.02 Å². The molecule has 2 aliphatic heterocycles. The van der Waals surface area contributed by atoms with Gasteiger partial charge in [-0.1, -0.05) is 84.4 Å². The maximum Gasteiger partial charge on any atom is 0.334 e. The zero-order valence-corrected chi connectivity index (χ0v) is 21.9. The lowest BCUT2D eigenvalue weighted by molar-refractivity contribution is -0.187. The van der Waals surface area contributed by atoms with Gasteiger partial charge in [0.2, 0.25) is 11.8 Å². The summed E-state index contributed by atoms with van der Waals surface area (Å²) < 4.78 is 0. The van der Waals surface area contributed by atoms with E-state index in [2.05, 4.69) is 5.32 Å². The minimum atomic E-state index is -0.735. The number of halogens is 1. The molecule has 8 nitrogen and oxygen atoms in total. The number of rotatable bonds is 6. The predicted octanol–water partition coefficient (Wildman–Crippen LogP) is 3.52. The highest BCUT2D eigenvalue weighted by molar-refractivity contribution is 6.30. The number of likely N-dealkylation sites (N-methyl/N-ethyl adjacent to an activating group) is 1. The van der Waals surface area contributed by atoms with Crippen LogP contribution in [0.15, 0.2) is 84.9 Å². The van der Waals surface area contributed by atoms with Crippen LogP contribution in [0, 0.1) is 0 Å². The van der Waals surface area contributed by atoms with E-state index >= 15 is 0 Å². The Morgan fingerprint density at radius 3 is 2.26 bits per heavy atom. The zero-order valence-electron chi connectivity index (χ0n) is 21.2. The van der Waals surface area contributed by atoms with Gasteiger partial charge >= 0.3 is 6.03 Å². The summed E-state index contributed by atoms with van der Waals surface area (Å²) in [6.45, 7) is 0.864. The summed E-state index contributed by atoms with van der Waals surface area (Å²) in [6.07, 6.45) is -0.292. The van der Waals surface area contributed by atoms with E-state index in [9.17, 15) is 14.4 Å². The van der Waals surface area contributed by atoms with E-state index in [-0.39, 0.29) is 30.9 Å². The largest absolute Gasteiger partial charge is 0.334 e. The van der Waals surface area contributed by atoms with Gasteiger partial charge in [0.25, 0.3) is 0 Å². The molecule has 9 heteroatoms. The summed E-state index contributed by atoms with van der Waals surface area (Å²) in [4.78, 5) is 44.1. The molecule has 5 rings (SSSR count). The molecule has 1 N–H and O–H groups in total. The lowest BCUT2D eigenvalue weighted by atomic mass is 9.98. The molecule has 196 valence electrons. The Morgan fingerprint density at radius 1 is 0.921 bits per heavy atom. The molecule has 2 aliphatic rings. The van der Waals surface area contributed by atoms with Gasteiger partial charge in [0.15, 0.2) is 0 Å². The number of hydrazine groups is 1. The molecule has 4 amide bonds. The molecule has 2 saturated heterocycles. The number of hydrogen-bond acceptors (Lipinski definition) is 4. The molecule has 0 aliphatic carbocycles. The average molecular weight is 532 g/mol. The van der Waals surface area contributed by atoms with Crippen molar-refractivity contribution < 1.29 is 14.4 Å². The smallest absolute Gasteiger partial charge is 0.333 e. The highest BCUT2D eigenvalue weighted by atomic mass is 35.5. The fourth-order valence-corrected chi connectivity index (χ4v) is 5.41. The van der Waals surface area contributed by atoms with Crippen LogP contribution in [0.3, 0.4) is 0 Å². The second-order valence-corrected chi connectivity index (χ2v) is 10.1. The maximum absolute atomic E-state index is 13.9. The lowest BCUT2D eigenvalue weighted by Gasteiger charge is -2.54. The van der Waals surface area contributed by atoms with Crippen molar-refractivity contribution in [1.29, 1.82) is 0 Å². The second-order valence-electron chi connectivity index (χ2n) is 9.64. The van der Waals surface area contributed by atoms with Crippen LogP contribution in [0.5, 0.6) is 0 Å². The monoisotopic (exact) mass is 531 g/mol. The van der Waals surface area contributed by atoms with Crippen LogP contribution in [0.1, 0.15) is 16.7 Å². The van der Waals surface area contributed by atoms with Gasteiger partial charge in [0, 0.05) is 31.6 Å². The average Bonchev–Trinajstić information content (AvgIpc) is 2.91. The van der Waals surface area contributed by atoms with Crippen LogP contribution >= 0.6 is 11.6 Å². The third-order valence-corrected chi connectivity index (χ3v) is 7.20. The van der Waals surface area contributed by atoms with Crippen LogP contribution in [-0.2, 0) is 29.1 Å². The topological polar surface area (TPSA) is 76.2 Å². The summed E-state index contributed by atoms with van der Waals surface area (Å²) in [7, 11) is 1.72. The number of fused-ring (bicyclic) bond motifs is 1. The Balaban J connectivity index is 1.45. The molecule has 0 saturated carbocycles. The summed E-state index contributed by atoms with van der Waals surface area (Å²) in [5, 5.41) is 6.77. The highest BCUT2D eigenvalue weighted by Gasteiger charge is 2.50. The van der Waals surface area contributed by atoms with Gasteiger partial charge in [-0.25, -0.2) is 14.8 Å². The number of carbonyl (C=O) groups is 3. The molecule has 0 radical (unpaired) electrons. The Hall–Kier alpha value is -3.88. The third-order valence-electron chi connectivity index (χ3n) is 6.97. The van der Waals surface area contributed by atoms with Crippen molar-refractivity contribution in [2.45, 2.75) is 31.7 Å². The number of piperazine rings is 1. The Bertz CT molecular complexity index is 1310.